The first kappa shape index (κ1) is 21.4. The lowest BCUT2D eigenvalue weighted by Gasteiger charge is -2.10. The van der Waals surface area contributed by atoms with Gasteiger partial charge in [-0.1, -0.05) is 64.2 Å². The maximum absolute atomic E-state index is 10.2. The highest BCUT2D eigenvalue weighted by atomic mass is 16.4. The van der Waals surface area contributed by atoms with Gasteiger partial charge >= 0.3 is 0 Å². The molecule has 1 unspecified atom stereocenters. The smallest absolute Gasteiger partial charge is 0.0540 e. The van der Waals surface area contributed by atoms with Crippen LogP contribution in [0, 0.1) is 0 Å². The molecular weight excluding hydrogens is 280 g/mol. The van der Waals surface area contributed by atoms with E-state index in [1.54, 1.807) is 0 Å². The van der Waals surface area contributed by atoms with Gasteiger partial charge in [-0.25, -0.2) is 0 Å². The molecule has 4 nitrogen and oxygen atoms in total. The molecular formula is C18H35O4-. The number of rotatable bonds is 17. The molecule has 0 bridgehead atoms. The Labute approximate surface area is 135 Å². The highest BCUT2D eigenvalue weighted by molar-refractivity contribution is 5.63. The second kappa shape index (κ2) is 16.8. The minimum atomic E-state index is -0.938. The summed E-state index contributed by atoms with van der Waals surface area (Å²) in [5.41, 5.74) is 0. The maximum Gasteiger partial charge on any atom is 0.0540 e. The Balaban J connectivity index is 3.13. The third kappa shape index (κ3) is 17.4. The molecule has 22 heavy (non-hydrogen) atoms. The molecule has 0 radical (unpaired) electrons. The number of carboxylic acid groups (broad SMARTS) is 1. The van der Waals surface area contributed by atoms with Crippen LogP contribution in [0.4, 0.5) is 0 Å². The van der Waals surface area contributed by atoms with Crippen molar-refractivity contribution in [2.45, 2.75) is 102 Å². The summed E-state index contributed by atoms with van der Waals surface area (Å²) in [5, 5.41) is 28.7. The van der Waals surface area contributed by atoms with Crippen LogP contribution in [0.2, 0.25) is 0 Å². The van der Waals surface area contributed by atoms with E-state index in [0.717, 1.165) is 64.2 Å². The molecule has 0 saturated heterocycles. The van der Waals surface area contributed by atoms with Crippen molar-refractivity contribution in [3.63, 3.8) is 0 Å². The van der Waals surface area contributed by atoms with Gasteiger partial charge in [0.1, 0.15) is 0 Å². The highest BCUT2D eigenvalue weighted by Crippen LogP contribution is 2.14. The van der Waals surface area contributed by atoms with Gasteiger partial charge < -0.3 is 20.1 Å². The van der Waals surface area contributed by atoms with Crippen molar-refractivity contribution in [1.29, 1.82) is 0 Å². The molecule has 0 saturated carbocycles. The monoisotopic (exact) mass is 315 g/mol. The highest BCUT2D eigenvalue weighted by Gasteiger charge is 2.03. The van der Waals surface area contributed by atoms with Crippen LogP contribution in [0.1, 0.15) is 96.3 Å². The summed E-state index contributed by atoms with van der Waals surface area (Å²) < 4.78 is 0. The molecule has 0 rings (SSSR count). The van der Waals surface area contributed by atoms with Crippen molar-refractivity contribution in [3.8, 4) is 0 Å². The topological polar surface area (TPSA) is 80.6 Å². The SMILES string of the molecule is O=C([O-])CCCCCCCCCCC(O)CCCCCCO. The summed E-state index contributed by atoms with van der Waals surface area (Å²) in [5.74, 6) is -0.938. The van der Waals surface area contributed by atoms with Gasteiger partial charge in [-0.05, 0) is 32.1 Å². The Morgan fingerprint density at radius 2 is 1.14 bits per heavy atom. The summed E-state index contributed by atoms with van der Waals surface area (Å²) in [4.78, 5) is 10.2. The van der Waals surface area contributed by atoms with Gasteiger partial charge in [-0.15, -0.1) is 0 Å². The summed E-state index contributed by atoms with van der Waals surface area (Å²) in [6.07, 6.45) is 14.7. The minimum Gasteiger partial charge on any atom is -0.550 e. The normalized spacial score (nSPS) is 12.5. The third-order valence-corrected chi connectivity index (χ3v) is 4.11. The zero-order chi connectivity index (χ0) is 16.5. The molecule has 0 aromatic heterocycles. The number of hydrogen-bond acceptors (Lipinski definition) is 4. The Bertz CT molecular complexity index is 243. The molecule has 0 aromatic carbocycles. The van der Waals surface area contributed by atoms with Crippen LogP contribution in [0.15, 0.2) is 0 Å². The zero-order valence-corrected chi connectivity index (χ0v) is 14.1. The summed E-state index contributed by atoms with van der Waals surface area (Å²) >= 11 is 0. The van der Waals surface area contributed by atoms with Crippen LogP contribution in [0.5, 0.6) is 0 Å². The summed E-state index contributed by atoms with van der Waals surface area (Å²) in [7, 11) is 0. The van der Waals surface area contributed by atoms with Gasteiger partial charge in [-0.3, -0.25) is 0 Å². The summed E-state index contributed by atoms with van der Waals surface area (Å²) in [6, 6.07) is 0. The lowest BCUT2D eigenvalue weighted by Crippen LogP contribution is -2.21. The van der Waals surface area contributed by atoms with E-state index in [1.807, 2.05) is 0 Å². The first-order chi connectivity index (χ1) is 10.7. The molecule has 2 N–H and O–H groups in total. The van der Waals surface area contributed by atoms with Crippen molar-refractivity contribution >= 4 is 5.97 Å². The molecule has 0 fully saturated rings. The van der Waals surface area contributed by atoms with E-state index in [1.165, 1.54) is 25.7 Å². The predicted molar refractivity (Wildman–Crippen MR) is 87.4 cm³/mol. The number of aliphatic carboxylic acids is 1. The number of hydrogen-bond donors (Lipinski definition) is 2. The van der Waals surface area contributed by atoms with E-state index in [2.05, 4.69) is 0 Å². The Hall–Kier alpha value is -0.610. The van der Waals surface area contributed by atoms with Crippen LogP contribution in [0.3, 0.4) is 0 Å². The van der Waals surface area contributed by atoms with Gasteiger partial charge in [-0.2, -0.15) is 0 Å². The van der Waals surface area contributed by atoms with Crippen molar-refractivity contribution in [3.05, 3.63) is 0 Å². The van der Waals surface area contributed by atoms with E-state index in [-0.39, 0.29) is 19.1 Å². The molecule has 0 aromatic rings. The first-order valence-electron chi connectivity index (χ1n) is 9.15. The Morgan fingerprint density at radius 3 is 1.59 bits per heavy atom. The van der Waals surface area contributed by atoms with Gasteiger partial charge in [0.05, 0.1) is 6.10 Å². The molecule has 0 aliphatic carbocycles. The van der Waals surface area contributed by atoms with Crippen molar-refractivity contribution in [2.75, 3.05) is 6.61 Å². The molecule has 0 aliphatic rings. The van der Waals surface area contributed by atoms with E-state index >= 15 is 0 Å². The van der Waals surface area contributed by atoms with E-state index in [9.17, 15) is 15.0 Å². The van der Waals surface area contributed by atoms with E-state index < -0.39 is 5.97 Å². The number of carboxylic acids is 1. The van der Waals surface area contributed by atoms with Crippen LogP contribution in [0.25, 0.3) is 0 Å². The number of aliphatic hydroxyl groups is 2. The van der Waals surface area contributed by atoms with Gasteiger partial charge in [0, 0.05) is 12.6 Å². The number of carbonyl (C=O) groups excluding carboxylic acids is 1. The average Bonchev–Trinajstić information content (AvgIpc) is 2.48. The van der Waals surface area contributed by atoms with Crippen LogP contribution < -0.4 is 5.11 Å². The molecule has 4 heteroatoms. The fourth-order valence-corrected chi connectivity index (χ4v) is 2.70. The lowest BCUT2D eigenvalue weighted by molar-refractivity contribution is -0.305. The van der Waals surface area contributed by atoms with Gasteiger partial charge in [0.15, 0.2) is 0 Å². The molecule has 0 heterocycles. The van der Waals surface area contributed by atoms with Crippen molar-refractivity contribution in [1.82, 2.24) is 0 Å². The maximum atomic E-state index is 10.2. The Kier molecular flexibility index (Phi) is 16.3. The third-order valence-electron chi connectivity index (χ3n) is 4.11. The van der Waals surface area contributed by atoms with Crippen LogP contribution in [-0.2, 0) is 4.79 Å². The van der Waals surface area contributed by atoms with Gasteiger partial charge in [0.2, 0.25) is 0 Å². The fraction of sp³-hybridized carbons (Fsp3) is 0.944. The van der Waals surface area contributed by atoms with Crippen LogP contribution in [-0.4, -0.2) is 28.9 Å². The largest absolute Gasteiger partial charge is 0.550 e. The minimum absolute atomic E-state index is 0.154. The number of aliphatic hydroxyl groups excluding tert-OH is 2. The fourth-order valence-electron chi connectivity index (χ4n) is 2.70. The summed E-state index contributed by atoms with van der Waals surface area (Å²) in [6.45, 7) is 0.277. The lowest BCUT2D eigenvalue weighted by atomic mass is 10.0. The molecule has 132 valence electrons. The van der Waals surface area contributed by atoms with Crippen LogP contribution >= 0.6 is 0 Å². The van der Waals surface area contributed by atoms with Crippen molar-refractivity contribution in [2.24, 2.45) is 0 Å². The second-order valence-electron chi connectivity index (χ2n) is 6.32. The Morgan fingerprint density at radius 1 is 0.727 bits per heavy atom. The predicted octanol–water partition coefficient (Wildman–Crippen LogP) is 2.94. The van der Waals surface area contributed by atoms with E-state index in [0.29, 0.717) is 0 Å². The molecule has 0 aliphatic heterocycles. The zero-order valence-electron chi connectivity index (χ0n) is 14.1. The second-order valence-corrected chi connectivity index (χ2v) is 6.32. The quantitative estimate of drug-likeness (QED) is 0.404. The average molecular weight is 315 g/mol. The number of carbonyl (C=O) groups is 1. The van der Waals surface area contributed by atoms with Gasteiger partial charge in [0.25, 0.3) is 0 Å². The first-order valence-corrected chi connectivity index (χ1v) is 9.15. The van der Waals surface area contributed by atoms with E-state index in [4.69, 9.17) is 5.11 Å². The number of unbranched alkanes of at least 4 members (excludes halogenated alkanes) is 10. The molecule has 1 atom stereocenters. The molecule has 0 spiro atoms. The standard InChI is InChI=1S/C18H36O4/c19-16-12-8-7-10-14-17(20)13-9-5-3-1-2-4-6-11-15-18(21)22/h17,19-20H,1-16H2,(H,21,22)/p-1. The molecule has 0 amide bonds. The van der Waals surface area contributed by atoms with Crippen molar-refractivity contribution < 1.29 is 20.1 Å².